The summed E-state index contributed by atoms with van der Waals surface area (Å²) in [6.45, 7) is 0. The second-order valence-electron chi connectivity index (χ2n) is 5.42. The van der Waals surface area contributed by atoms with Crippen LogP contribution in [0.1, 0.15) is 15.9 Å². The molecule has 3 rings (SSSR count). The predicted octanol–water partition coefficient (Wildman–Crippen LogP) is 3.77. The lowest BCUT2D eigenvalue weighted by molar-refractivity contribution is -0.115. The highest BCUT2D eigenvalue weighted by atomic mass is 35.5. The molecule has 0 aliphatic carbocycles. The monoisotopic (exact) mass is 338 g/mol. The Morgan fingerprint density at radius 2 is 1.75 bits per heavy atom. The van der Waals surface area contributed by atoms with E-state index in [1.807, 2.05) is 42.5 Å². The number of fused-ring (bicyclic) bond motifs is 1. The smallest absolute Gasteiger partial charge is 0.250 e. The van der Waals surface area contributed by atoms with Gasteiger partial charge in [-0.3, -0.25) is 9.59 Å². The van der Waals surface area contributed by atoms with Crippen LogP contribution in [-0.4, -0.2) is 11.8 Å². The van der Waals surface area contributed by atoms with Gasteiger partial charge >= 0.3 is 0 Å². The van der Waals surface area contributed by atoms with Crippen LogP contribution < -0.4 is 11.1 Å². The van der Waals surface area contributed by atoms with Crippen LogP contribution in [0.2, 0.25) is 5.02 Å². The predicted molar refractivity (Wildman–Crippen MR) is 96.3 cm³/mol. The van der Waals surface area contributed by atoms with E-state index in [0.717, 1.165) is 16.3 Å². The van der Waals surface area contributed by atoms with E-state index in [2.05, 4.69) is 5.32 Å². The Balaban J connectivity index is 1.81. The SMILES string of the molecule is NC(=O)c1cc(NC(=O)Cc2cccc3ccccc23)ccc1Cl. The Hall–Kier alpha value is -2.85. The standard InChI is InChI=1S/C19H15ClN2O2/c20-17-9-8-14(11-16(17)19(21)24)22-18(23)10-13-6-3-5-12-4-1-2-7-15(12)13/h1-9,11H,10H2,(H2,21,24)(H,22,23). The number of rotatable bonds is 4. The van der Waals surface area contributed by atoms with Crippen LogP contribution in [0.25, 0.3) is 10.8 Å². The first-order chi connectivity index (χ1) is 11.5. The van der Waals surface area contributed by atoms with Crippen molar-refractivity contribution in [2.75, 3.05) is 5.32 Å². The van der Waals surface area contributed by atoms with Crippen LogP contribution in [0.5, 0.6) is 0 Å². The summed E-state index contributed by atoms with van der Waals surface area (Å²) in [5.41, 5.74) is 6.87. The molecule has 0 fully saturated rings. The third-order valence-electron chi connectivity index (χ3n) is 3.75. The van der Waals surface area contributed by atoms with Crippen LogP contribution in [0.3, 0.4) is 0 Å². The summed E-state index contributed by atoms with van der Waals surface area (Å²) < 4.78 is 0. The van der Waals surface area contributed by atoms with Gasteiger partial charge in [-0.1, -0.05) is 54.1 Å². The fraction of sp³-hybridized carbons (Fsp3) is 0.0526. The van der Waals surface area contributed by atoms with Crippen LogP contribution in [-0.2, 0) is 11.2 Å². The fourth-order valence-corrected chi connectivity index (χ4v) is 2.83. The summed E-state index contributed by atoms with van der Waals surface area (Å²) in [6, 6.07) is 18.4. The molecule has 0 heterocycles. The topological polar surface area (TPSA) is 72.2 Å². The van der Waals surface area contributed by atoms with Gasteiger partial charge in [0.25, 0.3) is 0 Å². The molecule has 0 radical (unpaired) electrons. The van der Waals surface area contributed by atoms with Gasteiger partial charge in [0, 0.05) is 5.69 Å². The highest BCUT2D eigenvalue weighted by Crippen LogP contribution is 2.22. The maximum absolute atomic E-state index is 12.3. The number of nitrogens with one attached hydrogen (secondary N) is 1. The molecule has 3 N–H and O–H groups in total. The Bertz CT molecular complexity index is 932. The highest BCUT2D eigenvalue weighted by Gasteiger charge is 2.11. The third kappa shape index (κ3) is 3.39. The van der Waals surface area contributed by atoms with Gasteiger partial charge < -0.3 is 11.1 Å². The van der Waals surface area contributed by atoms with Crippen molar-refractivity contribution in [3.63, 3.8) is 0 Å². The number of nitrogens with two attached hydrogens (primary N) is 1. The average molecular weight is 339 g/mol. The van der Waals surface area contributed by atoms with Gasteiger partial charge in [0.15, 0.2) is 0 Å². The van der Waals surface area contributed by atoms with Crippen LogP contribution in [0, 0.1) is 0 Å². The number of carbonyl (C=O) groups is 2. The molecule has 0 atom stereocenters. The van der Waals surface area contributed by atoms with E-state index in [1.54, 1.807) is 6.07 Å². The van der Waals surface area contributed by atoms with Crippen LogP contribution in [0.4, 0.5) is 5.69 Å². The maximum Gasteiger partial charge on any atom is 0.250 e. The van der Waals surface area contributed by atoms with E-state index in [-0.39, 0.29) is 22.9 Å². The van der Waals surface area contributed by atoms with E-state index in [9.17, 15) is 9.59 Å². The first-order valence-corrected chi connectivity index (χ1v) is 7.78. The van der Waals surface area contributed by atoms with E-state index < -0.39 is 5.91 Å². The first-order valence-electron chi connectivity index (χ1n) is 7.40. The Kier molecular flexibility index (Phi) is 4.49. The molecule has 0 aromatic heterocycles. The average Bonchev–Trinajstić information content (AvgIpc) is 2.56. The number of anilines is 1. The number of hydrogen-bond acceptors (Lipinski definition) is 2. The number of hydrogen-bond donors (Lipinski definition) is 2. The third-order valence-corrected chi connectivity index (χ3v) is 4.08. The number of primary amides is 1. The second kappa shape index (κ2) is 6.72. The molecule has 3 aromatic carbocycles. The normalized spacial score (nSPS) is 10.5. The molecular weight excluding hydrogens is 324 g/mol. The molecule has 5 heteroatoms. The Morgan fingerprint density at radius 3 is 2.54 bits per heavy atom. The van der Waals surface area contributed by atoms with E-state index in [4.69, 9.17) is 17.3 Å². The van der Waals surface area contributed by atoms with E-state index >= 15 is 0 Å². The molecular formula is C19H15ClN2O2. The summed E-state index contributed by atoms with van der Waals surface area (Å²) in [6.07, 6.45) is 0.232. The lowest BCUT2D eigenvalue weighted by atomic mass is 10.0. The highest BCUT2D eigenvalue weighted by molar-refractivity contribution is 6.34. The molecule has 0 aliphatic rings. The minimum atomic E-state index is -0.634. The quantitative estimate of drug-likeness (QED) is 0.760. The first kappa shape index (κ1) is 16.0. The van der Waals surface area contributed by atoms with Crippen molar-refractivity contribution < 1.29 is 9.59 Å². The second-order valence-corrected chi connectivity index (χ2v) is 5.83. The molecule has 0 saturated heterocycles. The van der Waals surface area contributed by atoms with Crippen LogP contribution >= 0.6 is 11.6 Å². The molecule has 120 valence electrons. The maximum atomic E-state index is 12.3. The van der Waals surface area contributed by atoms with Gasteiger partial charge in [-0.2, -0.15) is 0 Å². The summed E-state index contributed by atoms with van der Waals surface area (Å²) in [7, 11) is 0. The van der Waals surface area contributed by atoms with Crippen molar-refractivity contribution in [2.24, 2.45) is 5.73 Å². The van der Waals surface area contributed by atoms with Gasteiger partial charge in [0.05, 0.1) is 17.0 Å². The van der Waals surface area contributed by atoms with Crippen molar-refractivity contribution >= 4 is 39.9 Å². The fourth-order valence-electron chi connectivity index (χ4n) is 2.62. The van der Waals surface area contributed by atoms with E-state index in [0.29, 0.717) is 5.69 Å². The van der Waals surface area contributed by atoms with Crippen molar-refractivity contribution in [3.05, 3.63) is 76.8 Å². The summed E-state index contributed by atoms with van der Waals surface area (Å²) in [5.74, 6) is -0.811. The molecule has 0 spiro atoms. The number of carbonyl (C=O) groups excluding carboxylic acids is 2. The minimum Gasteiger partial charge on any atom is -0.366 e. The largest absolute Gasteiger partial charge is 0.366 e. The zero-order valence-corrected chi connectivity index (χ0v) is 13.5. The molecule has 24 heavy (non-hydrogen) atoms. The molecule has 0 bridgehead atoms. The van der Waals surface area contributed by atoms with E-state index in [1.165, 1.54) is 12.1 Å². The molecule has 0 unspecified atom stereocenters. The Labute approximate surface area is 144 Å². The molecule has 0 aliphatic heterocycles. The van der Waals surface area contributed by atoms with Gasteiger partial charge in [-0.25, -0.2) is 0 Å². The minimum absolute atomic E-state index is 0.177. The number of halogens is 1. The van der Waals surface area contributed by atoms with Crippen molar-refractivity contribution in [3.8, 4) is 0 Å². The summed E-state index contributed by atoms with van der Waals surface area (Å²) in [4.78, 5) is 23.7. The number of benzene rings is 3. The van der Waals surface area contributed by atoms with Crippen molar-refractivity contribution in [1.29, 1.82) is 0 Å². The molecule has 4 nitrogen and oxygen atoms in total. The lowest BCUT2D eigenvalue weighted by Gasteiger charge is -2.09. The summed E-state index contributed by atoms with van der Waals surface area (Å²) in [5, 5.41) is 5.16. The Morgan fingerprint density at radius 1 is 1.00 bits per heavy atom. The van der Waals surface area contributed by atoms with Gasteiger partial charge in [-0.05, 0) is 34.5 Å². The summed E-state index contributed by atoms with van der Waals surface area (Å²) >= 11 is 5.91. The zero-order valence-electron chi connectivity index (χ0n) is 12.8. The van der Waals surface area contributed by atoms with Gasteiger partial charge in [0.1, 0.15) is 0 Å². The molecule has 0 saturated carbocycles. The van der Waals surface area contributed by atoms with Crippen LogP contribution in [0.15, 0.2) is 60.7 Å². The molecule has 2 amide bonds. The zero-order chi connectivity index (χ0) is 17.1. The van der Waals surface area contributed by atoms with Crippen molar-refractivity contribution in [1.82, 2.24) is 0 Å². The molecule has 3 aromatic rings. The van der Waals surface area contributed by atoms with Gasteiger partial charge in [-0.15, -0.1) is 0 Å². The van der Waals surface area contributed by atoms with Crippen molar-refractivity contribution in [2.45, 2.75) is 6.42 Å². The lowest BCUT2D eigenvalue weighted by Crippen LogP contribution is -2.16. The number of amides is 2. The van der Waals surface area contributed by atoms with Gasteiger partial charge in [0.2, 0.25) is 11.8 Å².